The fourth-order valence-electron chi connectivity index (χ4n) is 18.3. The lowest BCUT2D eigenvalue weighted by atomic mass is 9.44. The first-order chi connectivity index (χ1) is 34.2. The first kappa shape index (κ1) is 51.4. The van der Waals surface area contributed by atoms with Crippen molar-refractivity contribution >= 4 is 23.5 Å². The van der Waals surface area contributed by atoms with Crippen LogP contribution in [0.4, 0.5) is 0 Å². The normalized spacial score (nSPS) is 46.9. The molecule has 0 aromatic carbocycles. The molecule has 5 saturated carbocycles. The maximum absolute atomic E-state index is 15.3. The Morgan fingerprint density at radius 2 is 1.78 bits per heavy atom. The van der Waals surface area contributed by atoms with Crippen molar-refractivity contribution in [3.8, 4) is 11.8 Å². The highest BCUT2D eigenvalue weighted by atomic mass is 16.5. The van der Waals surface area contributed by atoms with Crippen LogP contribution in [0.3, 0.4) is 0 Å². The molecule has 0 radical (unpaired) electrons. The monoisotopic (exact) mass is 996 g/mol. The SMILES string of the molecule is CC(=O)[C@H](CO)NC1=C2[C@H](CC[C@]3(CCN=C(N)N)[C@@H]4[C@@H](CC#C[C@H]([C@@H]5COC(=O)[C@H]5c5cc[nH]c5)[C@H]5CC[C@@H]6C=C7CC[C@H](C)C[C@H]7[C@H]5[C@@H]6[C@H](C)C[C@@H](O)[C@]4(C)O)C[C@@]23O)[C@@]2(C)C[C@H](O)[C@H](O)C[C@H]2C1=O. The Morgan fingerprint density at radius 3 is 2.49 bits per heavy atom. The van der Waals surface area contributed by atoms with Gasteiger partial charge in [-0.1, -0.05) is 38.3 Å². The van der Waals surface area contributed by atoms with E-state index in [1.807, 2.05) is 25.4 Å². The Balaban J connectivity index is 1.17. The molecule has 0 spiro atoms. The molecule has 8 aliphatic carbocycles. The average molecular weight is 996 g/mol. The zero-order valence-electron chi connectivity index (χ0n) is 42.9. The third kappa shape index (κ3) is 8.05. The van der Waals surface area contributed by atoms with Crippen molar-refractivity contribution in [1.29, 1.82) is 0 Å². The molecule has 22 atom stereocenters. The van der Waals surface area contributed by atoms with Crippen LogP contribution in [0.15, 0.2) is 46.4 Å². The number of aromatic amines is 1. The molecule has 72 heavy (non-hydrogen) atoms. The second-order valence-corrected chi connectivity index (χ2v) is 25.1. The third-order valence-corrected chi connectivity index (χ3v) is 21.4. The zero-order chi connectivity index (χ0) is 51.4. The summed E-state index contributed by atoms with van der Waals surface area (Å²) in [5.41, 5.74) is 8.88. The number of aliphatic imine (C=N–C) groups is 1. The number of nitrogens with two attached hydrogens (primary N) is 2. The summed E-state index contributed by atoms with van der Waals surface area (Å²) in [6.45, 7) is 9.27. The van der Waals surface area contributed by atoms with Crippen LogP contribution >= 0.6 is 0 Å². The van der Waals surface area contributed by atoms with Crippen molar-refractivity contribution in [3.63, 3.8) is 0 Å². The second-order valence-electron chi connectivity index (χ2n) is 25.1. The van der Waals surface area contributed by atoms with E-state index in [2.05, 4.69) is 47.1 Å². The number of aliphatic hydroxyl groups excluding tert-OH is 4. The Morgan fingerprint density at radius 1 is 1.00 bits per heavy atom. The zero-order valence-corrected chi connectivity index (χ0v) is 42.9. The molecule has 394 valence electrons. The number of nitrogens with one attached hydrogen (secondary N) is 2. The van der Waals surface area contributed by atoms with E-state index in [1.54, 1.807) is 12.5 Å². The Bertz CT molecular complexity index is 2440. The van der Waals surface area contributed by atoms with E-state index in [9.17, 15) is 40.2 Å². The number of nitrogens with zero attached hydrogens (tertiary/aromatic N) is 1. The van der Waals surface area contributed by atoms with Crippen molar-refractivity contribution in [1.82, 2.24) is 10.3 Å². The molecule has 1 saturated heterocycles. The summed E-state index contributed by atoms with van der Waals surface area (Å²) in [6, 6.07) is 0.775. The highest BCUT2D eigenvalue weighted by molar-refractivity contribution is 6.00. The average Bonchev–Trinajstić information content (AvgIpc) is 4.05. The number of ketones is 2. The first-order valence-electron chi connectivity index (χ1n) is 27.4. The van der Waals surface area contributed by atoms with Crippen LogP contribution in [0.2, 0.25) is 0 Å². The molecule has 0 amide bonds. The molecule has 15 nitrogen and oxygen atoms in total. The number of fused-ring (bicyclic) bond motifs is 8. The van der Waals surface area contributed by atoms with Gasteiger partial charge in [-0.05, 0) is 167 Å². The molecule has 10 rings (SSSR count). The molecular formula is C57H81N5O10. The van der Waals surface area contributed by atoms with Crippen LogP contribution in [0, 0.1) is 99.6 Å². The van der Waals surface area contributed by atoms with Crippen LogP contribution in [0.25, 0.3) is 0 Å². The Kier molecular flexibility index (Phi) is 13.5. The maximum atomic E-state index is 15.3. The van der Waals surface area contributed by atoms with Gasteiger partial charge >= 0.3 is 5.97 Å². The van der Waals surface area contributed by atoms with Gasteiger partial charge in [0, 0.05) is 54.4 Å². The minimum atomic E-state index is -1.89. The number of ether oxygens (including phenoxy) is 1. The van der Waals surface area contributed by atoms with Gasteiger partial charge in [0.05, 0.1) is 54.3 Å². The standard InChI is InChI=1S/C57H81N5O10/c1-28-9-10-31-21-32-11-12-36-35(38-27-72-52(69)46(38)34-14-17-60-25-34)8-6-7-33-23-57(71)48-39(54(4)24-43(66)42(65)22-40(54)50(68)49(48)62-41(26-63)30(3)64)13-15-56(57,16-18-61-53(58)59)51(33)55(5,70)44(67)20-29(2)45(32)47(36)37(31)19-28/h14,17,21,25,28-29,32-33,35-47,51,60,62-63,65-67,70-71H,7,9-13,15-16,18-20,22-24,26-27H2,1-5H3,(H4,58,59,61)/t28-,29+,32+,33-,35-,36+,37+,38-,39-,40-,41-,42+,43-,44+,45+,46-,47-,51+,54+,55-,56-,57+/m0/s1. The number of cyclic esters (lactones) is 1. The van der Waals surface area contributed by atoms with Gasteiger partial charge in [-0.3, -0.25) is 19.4 Å². The number of Topliss-reactive ketones (excluding diaryl/α,β-unsaturated/α-hetero) is 2. The third-order valence-electron chi connectivity index (χ3n) is 21.4. The van der Waals surface area contributed by atoms with Gasteiger partial charge in [0.15, 0.2) is 17.5 Å². The number of carbonyl (C=O) groups is 3. The number of allylic oxidation sites excluding steroid dienone is 3. The number of hydrogen-bond donors (Lipinski definition) is 10. The summed E-state index contributed by atoms with van der Waals surface area (Å²) < 4.78 is 6.00. The van der Waals surface area contributed by atoms with Gasteiger partial charge < -0.3 is 57.1 Å². The first-order valence-corrected chi connectivity index (χ1v) is 27.4. The second kappa shape index (κ2) is 19.0. The molecular weight excluding hydrogens is 915 g/mol. The largest absolute Gasteiger partial charge is 0.465 e. The van der Waals surface area contributed by atoms with Crippen molar-refractivity contribution in [2.24, 2.45) is 104 Å². The van der Waals surface area contributed by atoms with E-state index >= 15 is 4.79 Å². The lowest BCUT2D eigenvalue weighted by Gasteiger charge is -2.62. The van der Waals surface area contributed by atoms with Gasteiger partial charge in [-0.25, -0.2) is 0 Å². The topological polar surface area (TPSA) is 274 Å². The van der Waals surface area contributed by atoms with Gasteiger partial charge in [0.25, 0.3) is 0 Å². The Hall–Kier alpha value is -4.04. The Labute approximate surface area is 424 Å². The van der Waals surface area contributed by atoms with Crippen LogP contribution in [-0.2, 0) is 19.1 Å². The maximum Gasteiger partial charge on any atom is 0.313 e. The van der Waals surface area contributed by atoms with E-state index in [0.29, 0.717) is 36.7 Å². The van der Waals surface area contributed by atoms with Gasteiger partial charge in [0.2, 0.25) is 0 Å². The summed E-state index contributed by atoms with van der Waals surface area (Å²) in [6.07, 6.45) is 9.48. The number of aliphatic hydroxyl groups is 6. The van der Waals surface area contributed by atoms with Crippen LogP contribution in [-0.4, -0.2) is 114 Å². The molecule has 2 heterocycles. The van der Waals surface area contributed by atoms with Crippen LogP contribution < -0.4 is 16.8 Å². The number of guanidine groups is 1. The fraction of sp³-hybridized carbons (Fsp3) is 0.754. The van der Waals surface area contributed by atoms with Crippen LogP contribution in [0.1, 0.15) is 130 Å². The van der Waals surface area contributed by atoms with Crippen LogP contribution in [0.5, 0.6) is 0 Å². The summed E-state index contributed by atoms with van der Waals surface area (Å²) in [4.78, 5) is 49.9. The lowest BCUT2D eigenvalue weighted by Crippen LogP contribution is -2.66. The summed E-state index contributed by atoms with van der Waals surface area (Å²) in [7, 11) is 0. The number of esters is 1. The highest BCUT2D eigenvalue weighted by Gasteiger charge is 2.74. The number of aromatic nitrogens is 1. The van der Waals surface area contributed by atoms with Crippen molar-refractivity contribution < 1.29 is 49.8 Å². The lowest BCUT2D eigenvalue weighted by molar-refractivity contribution is -0.190. The molecule has 0 unspecified atom stereocenters. The van der Waals surface area contributed by atoms with E-state index in [4.69, 9.17) is 16.2 Å². The molecule has 6 fully saturated rings. The molecule has 1 aliphatic heterocycles. The number of carbonyl (C=O) groups excluding carboxylic acids is 3. The van der Waals surface area contributed by atoms with Crippen molar-refractivity contribution in [3.05, 3.63) is 46.9 Å². The summed E-state index contributed by atoms with van der Waals surface area (Å²) >= 11 is 0. The van der Waals surface area contributed by atoms with E-state index in [0.717, 1.165) is 37.7 Å². The van der Waals surface area contributed by atoms with Gasteiger partial charge in [-0.2, -0.15) is 0 Å². The highest BCUT2D eigenvalue weighted by Crippen LogP contribution is 2.72. The van der Waals surface area contributed by atoms with Gasteiger partial charge in [-0.15, -0.1) is 5.92 Å². The molecule has 15 heteroatoms. The molecule has 4 bridgehead atoms. The van der Waals surface area contributed by atoms with Gasteiger partial charge in [0.1, 0.15) is 6.04 Å². The number of H-pyrrole nitrogens is 1. The molecule has 12 N–H and O–H groups in total. The van der Waals surface area contributed by atoms with Crippen molar-refractivity contribution in [2.75, 3.05) is 19.8 Å². The minimum Gasteiger partial charge on any atom is -0.465 e. The molecule has 1 aromatic heterocycles. The fourth-order valence-corrected chi connectivity index (χ4v) is 18.3. The quantitative estimate of drug-likeness (QED) is 0.0552. The predicted molar refractivity (Wildman–Crippen MR) is 269 cm³/mol. The predicted octanol–water partition coefficient (Wildman–Crippen LogP) is 4.01. The van der Waals surface area contributed by atoms with Crippen molar-refractivity contribution in [2.45, 2.75) is 160 Å². The van der Waals surface area contributed by atoms with E-state index < -0.39 is 94.1 Å². The molecule has 9 aliphatic rings. The summed E-state index contributed by atoms with van der Waals surface area (Å²) in [5.74, 6) is 4.41. The number of hydrogen-bond acceptors (Lipinski definition) is 12. The number of rotatable bonds is 9. The minimum absolute atomic E-state index is 0.0202. The van der Waals surface area contributed by atoms with E-state index in [1.165, 1.54) is 6.92 Å². The summed E-state index contributed by atoms with van der Waals surface area (Å²) in [5, 5.41) is 77.1. The smallest absolute Gasteiger partial charge is 0.313 e. The molecule has 1 aromatic rings. The van der Waals surface area contributed by atoms with E-state index in [-0.39, 0.29) is 104 Å².